The van der Waals surface area contributed by atoms with Gasteiger partial charge < -0.3 is 5.73 Å². The van der Waals surface area contributed by atoms with Gasteiger partial charge in [-0.1, -0.05) is 34.8 Å². The Morgan fingerprint density at radius 1 is 1.24 bits per heavy atom. The lowest BCUT2D eigenvalue weighted by Gasteiger charge is -2.12. The van der Waals surface area contributed by atoms with Gasteiger partial charge in [0.05, 0.1) is 15.7 Å². The number of nitrogens with one attached hydrogen (secondary N) is 1. The van der Waals surface area contributed by atoms with Crippen LogP contribution in [0.5, 0.6) is 0 Å². The van der Waals surface area contributed by atoms with E-state index in [0.29, 0.717) is 15.5 Å². The minimum atomic E-state index is -3.83. The summed E-state index contributed by atoms with van der Waals surface area (Å²) in [5, 5.41) is 2.31. The third-order valence-corrected chi connectivity index (χ3v) is 6.34. The lowest BCUT2D eigenvalue weighted by Crippen LogP contribution is -2.16. The highest BCUT2D eigenvalue weighted by Gasteiger charge is 2.24. The summed E-state index contributed by atoms with van der Waals surface area (Å²) in [5.74, 6) is 0. The third kappa shape index (κ3) is 3.47. The third-order valence-electron chi connectivity index (χ3n) is 2.69. The van der Waals surface area contributed by atoms with Gasteiger partial charge in [0.1, 0.15) is 4.90 Å². The number of benzene rings is 1. The zero-order valence-electron chi connectivity index (χ0n) is 10.8. The number of hydrogen-bond donors (Lipinski definition) is 2. The SMILES string of the molecule is Cc1csc(CN)c1S(=O)(=O)Nc1c(Cl)cc(Cl)cc1Cl. The lowest BCUT2D eigenvalue weighted by atomic mass is 10.3. The maximum atomic E-state index is 12.5. The highest BCUT2D eigenvalue weighted by Crippen LogP contribution is 2.36. The molecular weight excluding hydrogens is 375 g/mol. The van der Waals surface area contributed by atoms with Crippen LogP contribution >= 0.6 is 46.1 Å². The normalized spacial score (nSPS) is 11.7. The van der Waals surface area contributed by atoms with E-state index in [1.807, 2.05) is 0 Å². The second kappa shape index (κ2) is 6.32. The summed E-state index contributed by atoms with van der Waals surface area (Å²) in [5.41, 5.74) is 6.30. The van der Waals surface area contributed by atoms with Crippen molar-refractivity contribution in [3.05, 3.63) is 43.0 Å². The van der Waals surface area contributed by atoms with Crippen LogP contribution in [0.25, 0.3) is 0 Å². The Morgan fingerprint density at radius 2 is 1.81 bits per heavy atom. The van der Waals surface area contributed by atoms with Gasteiger partial charge in [0.25, 0.3) is 10.0 Å². The molecule has 1 aromatic carbocycles. The molecule has 9 heteroatoms. The molecule has 0 saturated carbocycles. The van der Waals surface area contributed by atoms with Crippen molar-refractivity contribution in [3.8, 4) is 0 Å². The largest absolute Gasteiger partial charge is 0.326 e. The van der Waals surface area contributed by atoms with Crippen LogP contribution in [0.1, 0.15) is 10.4 Å². The molecule has 0 aliphatic heterocycles. The second-order valence-corrected chi connectivity index (χ2v) is 8.06. The molecule has 2 aromatic rings. The molecule has 0 aliphatic carbocycles. The van der Waals surface area contributed by atoms with Gasteiger partial charge in [-0.15, -0.1) is 11.3 Å². The Balaban J connectivity index is 2.50. The van der Waals surface area contributed by atoms with Crippen molar-refractivity contribution in [2.45, 2.75) is 18.4 Å². The standard InChI is InChI=1S/C12H11Cl3N2O2S2/c1-6-5-20-10(4-16)12(6)21(18,19)17-11-8(14)2-7(13)3-9(11)15/h2-3,5,17H,4,16H2,1H3. The summed E-state index contributed by atoms with van der Waals surface area (Å²) in [6.07, 6.45) is 0. The minimum Gasteiger partial charge on any atom is -0.326 e. The molecule has 0 spiro atoms. The Bertz CT molecular complexity index is 765. The average Bonchev–Trinajstić information content (AvgIpc) is 2.76. The maximum absolute atomic E-state index is 12.5. The van der Waals surface area contributed by atoms with Gasteiger partial charge in [0.2, 0.25) is 0 Å². The molecule has 0 atom stereocenters. The van der Waals surface area contributed by atoms with E-state index in [9.17, 15) is 8.42 Å². The van der Waals surface area contributed by atoms with Crippen molar-refractivity contribution in [3.63, 3.8) is 0 Å². The molecule has 0 radical (unpaired) electrons. The van der Waals surface area contributed by atoms with Gasteiger partial charge in [0, 0.05) is 16.4 Å². The lowest BCUT2D eigenvalue weighted by molar-refractivity contribution is 0.600. The van der Waals surface area contributed by atoms with Gasteiger partial charge in [-0.3, -0.25) is 4.72 Å². The molecular formula is C12H11Cl3N2O2S2. The highest BCUT2D eigenvalue weighted by atomic mass is 35.5. The molecule has 3 N–H and O–H groups in total. The van der Waals surface area contributed by atoms with Crippen LogP contribution in [-0.4, -0.2) is 8.42 Å². The molecule has 114 valence electrons. The number of nitrogens with two attached hydrogens (primary N) is 1. The number of rotatable bonds is 4. The number of halogens is 3. The van der Waals surface area contributed by atoms with E-state index < -0.39 is 10.0 Å². The Morgan fingerprint density at radius 3 is 2.33 bits per heavy atom. The summed E-state index contributed by atoms with van der Waals surface area (Å²) in [6.45, 7) is 1.84. The van der Waals surface area contributed by atoms with Gasteiger partial charge >= 0.3 is 0 Å². The smallest absolute Gasteiger partial charge is 0.263 e. The molecule has 1 aromatic heterocycles. The molecule has 0 unspecified atom stereocenters. The van der Waals surface area contributed by atoms with E-state index >= 15 is 0 Å². The number of sulfonamides is 1. The quantitative estimate of drug-likeness (QED) is 0.825. The average molecular weight is 386 g/mol. The summed E-state index contributed by atoms with van der Waals surface area (Å²) in [6, 6.07) is 2.83. The molecule has 21 heavy (non-hydrogen) atoms. The van der Waals surface area contributed by atoms with Crippen LogP contribution in [0.15, 0.2) is 22.4 Å². The van der Waals surface area contributed by atoms with Crippen molar-refractivity contribution in [2.75, 3.05) is 4.72 Å². The summed E-state index contributed by atoms with van der Waals surface area (Å²) >= 11 is 19.1. The number of hydrogen-bond acceptors (Lipinski definition) is 4. The van der Waals surface area contributed by atoms with Gasteiger partial charge in [-0.05, 0) is 30.0 Å². The number of aryl methyl sites for hydroxylation is 1. The van der Waals surface area contributed by atoms with E-state index in [1.165, 1.54) is 23.5 Å². The van der Waals surface area contributed by atoms with Crippen LogP contribution in [0.4, 0.5) is 5.69 Å². The van der Waals surface area contributed by atoms with Crippen molar-refractivity contribution in [2.24, 2.45) is 5.73 Å². The van der Waals surface area contributed by atoms with E-state index in [4.69, 9.17) is 40.5 Å². The van der Waals surface area contributed by atoms with Gasteiger partial charge in [-0.2, -0.15) is 0 Å². The van der Waals surface area contributed by atoms with Crippen LogP contribution in [-0.2, 0) is 16.6 Å². The first-order chi connectivity index (χ1) is 9.76. The number of anilines is 1. The monoisotopic (exact) mass is 384 g/mol. The van der Waals surface area contributed by atoms with Crippen LogP contribution in [0.3, 0.4) is 0 Å². The summed E-state index contributed by atoms with van der Waals surface area (Å²) in [7, 11) is -3.83. The van der Waals surface area contributed by atoms with E-state index in [0.717, 1.165) is 0 Å². The second-order valence-electron chi connectivity index (χ2n) is 4.23. The minimum absolute atomic E-state index is 0.0938. The van der Waals surface area contributed by atoms with E-state index in [-0.39, 0.29) is 27.2 Å². The molecule has 4 nitrogen and oxygen atoms in total. The van der Waals surface area contributed by atoms with E-state index in [1.54, 1.807) is 12.3 Å². The zero-order valence-corrected chi connectivity index (χ0v) is 14.7. The molecule has 1 heterocycles. The predicted octanol–water partition coefficient (Wildman–Crippen LogP) is 4.28. The van der Waals surface area contributed by atoms with Crippen molar-refractivity contribution in [1.29, 1.82) is 0 Å². The molecule has 0 saturated heterocycles. The van der Waals surface area contributed by atoms with Crippen LogP contribution in [0, 0.1) is 6.92 Å². The maximum Gasteiger partial charge on any atom is 0.263 e. The molecule has 0 bridgehead atoms. The molecule has 2 rings (SSSR count). The van der Waals surface area contributed by atoms with Crippen molar-refractivity contribution in [1.82, 2.24) is 0 Å². The van der Waals surface area contributed by atoms with Gasteiger partial charge in [0.15, 0.2) is 0 Å². The summed E-state index contributed by atoms with van der Waals surface area (Å²) in [4.78, 5) is 0.735. The first-order valence-electron chi connectivity index (χ1n) is 5.70. The predicted molar refractivity (Wildman–Crippen MR) is 89.2 cm³/mol. The van der Waals surface area contributed by atoms with Crippen molar-refractivity contribution < 1.29 is 8.42 Å². The summed E-state index contributed by atoms with van der Waals surface area (Å²) < 4.78 is 27.5. The van der Waals surface area contributed by atoms with Crippen LogP contribution in [0.2, 0.25) is 15.1 Å². The fourth-order valence-corrected chi connectivity index (χ4v) is 5.64. The Hall–Kier alpha value is -0.500. The van der Waals surface area contributed by atoms with Gasteiger partial charge in [-0.25, -0.2) is 8.42 Å². The Labute approximate surface area is 141 Å². The fraction of sp³-hybridized carbons (Fsp3) is 0.167. The molecule has 0 fully saturated rings. The molecule has 0 aliphatic rings. The fourth-order valence-electron chi connectivity index (χ4n) is 1.81. The van der Waals surface area contributed by atoms with E-state index in [2.05, 4.69) is 4.72 Å². The first kappa shape index (κ1) is 16.9. The molecule has 0 amide bonds. The zero-order chi connectivity index (χ0) is 15.8. The number of thiophene rings is 1. The van der Waals surface area contributed by atoms with Crippen molar-refractivity contribution >= 4 is 61.9 Å². The van der Waals surface area contributed by atoms with Crippen LogP contribution < -0.4 is 10.5 Å². The topological polar surface area (TPSA) is 72.2 Å². The Kier molecular flexibility index (Phi) is 5.07. The highest BCUT2D eigenvalue weighted by molar-refractivity contribution is 7.93. The first-order valence-corrected chi connectivity index (χ1v) is 9.20.